The fraction of sp³-hybridized carbons (Fsp3) is 0.0909. The minimum atomic E-state index is -0.291. The number of hydrogen-bond acceptors (Lipinski definition) is 2. The molecule has 2 rings (SSSR count). The summed E-state index contributed by atoms with van der Waals surface area (Å²) >= 11 is 0. The smallest absolute Gasteiger partial charge is 0.262 e. The first-order chi connectivity index (χ1) is 7.61. The third-order valence-corrected chi connectivity index (χ3v) is 2.48. The lowest BCUT2D eigenvalue weighted by Gasteiger charge is -2.14. The Morgan fingerprint density at radius 2 is 2.12 bits per heavy atom. The number of hydrogen-bond donors (Lipinski definition) is 3. The molecule has 5 nitrogen and oxygen atoms in total. The summed E-state index contributed by atoms with van der Waals surface area (Å²) in [6.07, 6.45) is 1.77. The van der Waals surface area contributed by atoms with Gasteiger partial charge in [0, 0.05) is 18.6 Å². The van der Waals surface area contributed by atoms with E-state index in [1.807, 2.05) is 12.1 Å². The van der Waals surface area contributed by atoms with Crippen LogP contribution in [0.4, 0.5) is 0 Å². The van der Waals surface area contributed by atoms with E-state index >= 15 is 0 Å². The summed E-state index contributed by atoms with van der Waals surface area (Å²) in [5, 5.41) is 8.18. The van der Waals surface area contributed by atoms with Gasteiger partial charge >= 0.3 is 0 Å². The lowest BCUT2D eigenvalue weighted by molar-refractivity contribution is 0.0870. The summed E-state index contributed by atoms with van der Waals surface area (Å²) < 4.78 is 0. The highest BCUT2D eigenvalue weighted by Crippen LogP contribution is 2.17. The van der Waals surface area contributed by atoms with Crippen molar-refractivity contribution >= 4 is 35.2 Å². The number of nitrogens with one attached hydrogen (secondary N) is 2. The van der Waals surface area contributed by atoms with Crippen molar-refractivity contribution in [3.63, 3.8) is 0 Å². The lowest BCUT2D eigenvalue weighted by atomic mass is 10.1. The summed E-state index contributed by atoms with van der Waals surface area (Å²) in [6, 6.07) is 7.31. The molecule has 0 atom stereocenters. The van der Waals surface area contributed by atoms with Crippen LogP contribution in [0.1, 0.15) is 10.4 Å². The molecule has 1 heterocycles. The van der Waals surface area contributed by atoms with Gasteiger partial charge in [-0.1, -0.05) is 12.1 Å². The van der Waals surface area contributed by atoms with Gasteiger partial charge in [-0.05, 0) is 12.1 Å². The van der Waals surface area contributed by atoms with Crippen LogP contribution in [0.5, 0.6) is 0 Å². The average molecular weight is 253 g/mol. The molecule has 1 aromatic heterocycles. The second-order valence-electron chi connectivity index (χ2n) is 3.50. The highest BCUT2D eigenvalue weighted by atomic mass is 35.5. The number of aromatic nitrogens is 1. The van der Waals surface area contributed by atoms with E-state index in [0.29, 0.717) is 5.56 Å². The quantitative estimate of drug-likeness (QED) is 0.531. The highest BCUT2D eigenvalue weighted by molar-refractivity contribution is 6.10. The number of nitrogens with zero attached hydrogens (tertiary/aromatic N) is 1. The molecule has 0 aliphatic heterocycles. The minimum absolute atomic E-state index is 0. The Labute approximate surface area is 105 Å². The van der Waals surface area contributed by atoms with E-state index in [4.69, 9.17) is 11.1 Å². The van der Waals surface area contributed by atoms with E-state index in [2.05, 4.69) is 4.98 Å². The molecule has 0 fully saturated rings. The number of carbonyl (C=O) groups excluding carboxylic acids is 1. The molecule has 1 amide bonds. The van der Waals surface area contributed by atoms with Gasteiger partial charge in [-0.25, -0.2) is 0 Å². The predicted molar refractivity (Wildman–Crippen MR) is 69.6 cm³/mol. The number of rotatable bonds is 1. The molecule has 0 aliphatic rings. The van der Waals surface area contributed by atoms with Crippen LogP contribution in [0.15, 0.2) is 30.5 Å². The number of fused-ring (bicyclic) bond motifs is 1. The Balaban J connectivity index is 0.00000144. The summed E-state index contributed by atoms with van der Waals surface area (Å²) in [6.45, 7) is 0. The van der Waals surface area contributed by atoms with Gasteiger partial charge in [-0.2, -0.15) is 0 Å². The molecule has 0 saturated heterocycles. The molecule has 0 radical (unpaired) electrons. The fourth-order valence-corrected chi connectivity index (χ4v) is 1.55. The second kappa shape index (κ2) is 4.88. The number of H-pyrrole nitrogens is 1. The molecule has 90 valence electrons. The maximum atomic E-state index is 12.0. The zero-order valence-corrected chi connectivity index (χ0v) is 10.0. The van der Waals surface area contributed by atoms with E-state index in [1.54, 1.807) is 18.3 Å². The molecule has 0 spiro atoms. The number of aromatic amines is 1. The van der Waals surface area contributed by atoms with Crippen molar-refractivity contribution in [2.75, 3.05) is 7.05 Å². The summed E-state index contributed by atoms with van der Waals surface area (Å²) in [7, 11) is 1.48. The second-order valence-corrected chi connectivity index (χ2v) is 3.50. The Morgan fingerprint density at radius 3 is 2.76 bits per heavy atom. The molecule has 0 aliphatic carbocycles. The van der Waals surface area contributed by atoms with E-state index in [0.717, 1.165) is 15.8 Å². The Bertz CT molecular complexity index is 563. The largest absolute Gasteiger partial charge is 0.370 e. The number of halogens is 1. The average Bonchev–Trinajstić information content (AvgIpc) is 2.74. The van der Waals surface area contributed by atoms with E-state index in [9.17, 15) is 4.79 Å². The Morgan fingerprint density at radius 1 is 1.41 bits per heavy atom. The molecule has 0 bridgehead atoms. The van der Waals surface area contributed by atoms with Gasteiger partial charge in [0.2, 0.25) is 0 Å². The van der Waals surface area contributed by atoms with Crippen molar-refractivity contribution < 1.29 is 4.79 Å². The fourth-order valence-electron chi connectivity index (χ4n) is 1.55. The molecule has 4 N–H and O–H groups in total. The van der Waals surface area contributed by atoms with Crippen molar-refractivity contribution in [2.45, 2.75) is 0 Å². The van der Waals surface area contributed by atoms with Gasteiger partial charge in [0.1, 0.15) is 0 Å². The topological polar surface area (TPSA) is 86.0 Å². The number of guanidine groups is 1. The molecular weight excluding hydrogens is 240 g/mol. The number of carbonyl (C=O) groups is 1. The molecule has 1 aromatic carbocycles. The van der Waals surface area contributed by atoms with Crippen LogP contribution < -0.4 is 5.73 Å². The molecule has 6 heteroatoms. The zero-order valence-electron chi connectivity index (χ0n) is 9.23. The monoisotopic (exact) mass is 252 g/mol. The molecule has 0 saturated carbocycles. The zero-order chi connectivity index (χ0) is 11.7. The third-order valence-electron chi connectivity index (χ3n) is 2.48. The van der Waals surface area contributed by atoms with Crippen LogP contribution in [-0.2, 0) is 0 Å². The van der Waals surface area contributed by atoms with Gasteiger partial charge in [-0.15, -0.1) is 12.4 Å². The normalized spacial score (nSPS) is 9.71. The number of nitrogens with two attached hydrogens (primary N) is 1. The molecule has 2 aromatic rings. The maximum absolute atomic E-state index is 12.0. The summed E-state index contributed by atoms with van der Waals surface area (Å²) in [5.74, 6) is -0.561. The van der Waals surface area contributed by atoms with Crippen molar-refractivity contribution in [2.24, 2.45) is 5.73 Å². The number of benzene rings is 1. The molecule has 0 unspecified atom stereocenters. The minimum Gasteiger partial charge on any atom is -0.370 e. The van der Waals surface area contributed by atoms with E-state index in [1.165, 1.54) is 7.05 Å². The van der Waals surface area contributed by atoms with Gasteiger partial charge in [0.05, 0.1) is 11.1 Å². The van der Waals surface area contributed by atoms with Crippen LogP contribution in [0.25, 0.3) is 10.9 Å². The summed E-state index contributed by atoms with van der Waals surface area (Å²) in [5.41, 5.74) is 6.55. The van der Waals surface area contributed by atoms with Gasteiger partial charge in [0.25, 0.3) is 5.91 Å². The third kappa shape index (κ3) is 2.24. The van der Waals surface area contributed by atoms with E-state index in [-0.39, 0.29) is 24.3 Å². The van der Waals surface area contributed by atoms with Crippen LogP contribution in [-0.4, -0.2) is 28.8 Å². The SMILES string of the molecule is CN(C(=N)N)C(=O)c1cccc2cc[nH]c12.Cl. The highest BCUT2D eigenvalue weighted by Gasteiger charge is 2.16. The van der Waals surface area contributed by atoms with Crippen LogP contribution >= 0.6 is 12.4 Å². The molecule has 17 heavy (non-hydrogen) atoms. The van der Waals surface area contributed by atoms with Crippen LogP contribution in [0, 0.1) is 5.41 Å². The standard InChI is InChI=1S/C11H12N4O.ClH/c1-15(11(12)13)10(16)8-4-2-3-7-5-6-14-9(7)8;/h2-6,14H,1H3,(H3,12,13);1H. The first kappa shape index (κ1) is 13.1. The van der Waals surface area contributed by atoms with E-state index < -0.39 is 0 Å². The summed E-state index contributed by atoms with van der Waals surface area (Å²) in [4.78, 5) is 16.1. The van der Waals surface area contributed by atoms with Crippen LogP contribution in [0.3, 0.4) is 0 Å². The van der Waals surface area contributed by atoms with Crippen molar-refractivity contribution in [3.8, 4) is 0 Å². The van der Waals surface area contributed by atoms with Crippen molar-refractivity contribution in [1.82, 2.24) is 9.88 Å². The van der Waals surface area contributed by atoms with Gasteiger partial charge in [-0.3, -0.25) is 15.1 Å². The number of amides is 1. The maximum Gasteiger partial charge on any atom is 0.262 e. The predicted octanol–water partition coefficient (Wildman–Crippen LogP) is 1.56. The Kier molecular flexibility index (Phi) is 3.75. The first-order valence-electron chi connectivity index (χ1n) is 4.79. The van der Waals surface area contributed by atoms with Gasteiger partial charge in [0.15, 0.2) is 5.96 Å². The van der Waals surface area contributed by atoms with Crippen LogP contribution in [0.2, 0.25) is 0 Å². The number of para-hydroxylation sites is 1. The lowest BCUT2D eigenvalue weighted by Crippen LogP contribution is -2.38. The van der Waals surface area contributed by atoms with Crippen molar-refractivity contribution in [1.29, 1.82) is 5.41 Å². The van der Waals surface area contributed by atoms with Crippen molar-refractivity contribution in [3.05, 3.63) is 36.0 Å². The van der Waals surface area contributed by atoms with Gasteiger partial charge < -0.3 is 10.7 Å². The first-order valence-corrected chi connectivity index (χ1v) is 4.79. The molecular formula is C11H13ClN4O. The Hall–Kier alpha value is -2.01.